The molecule has 0 unspecified atom stereocenters. The summed E-state index contributed by atoms with van der Waals surface area (Å²) in [7, 11) is 1.57. The maximum absolute atomic E-state index is 11.9. The molecule has 0 saturated carbocycles. The molecular formula is C16H29N3O5. The number of nitrogens with zero attached hydrogens (tertiary/aromatic N) is 3. The lowest BCUT2D eigenvalue weighted by molar-refractivity contribution is -0.118. The van der Waals surface area contributed by atoms with Crippen LogP contribution in [0.2, 0.25) is 0 Å². The van der Waals surface area contributed by atoms with Gasteiger partial charge in [0, 0.05) is 26.6 Å². The lowest BCUT2D eigenvalue weighted by Gasteiger charge is -2.24. The highest BCUT2D eigenvalue weighted by Crippen LogP contribution is 2.11. The van der Waals surface area contributed by atoms with E-state index in [2.05, 4.69) is 4.99 Å². The highest BCUT2D eigenvalue weighted by Gasteiger charge is 2.21. The van der Waals surface area contributed by atoms with Crippen molar-refractivity contribution in [1.82, 2.24) is 9.96 Å². The minimum atomic E-state index is -1.58. The van der Waals surface area contributed by atoms with Crippen LogP contribution >= 0.6 is 0 Å². The second kappa shape index (κ2) is 11.8. The van der Waals surface area contributed by atoms with Crippen molar-refractivity contribution in [3.63, 3.8) is 0 Å². The molecule has 0 aromatic heterocycles. The fraction of sp³-hybridized carbons (Fsp3) is 0.812. The molecule has 8 heteroatoms. The van der Waals surface area contributed by atoms with Gasteiger partial charge in [0.05, 0.1) is 6.61 Å². The summed E-state index contributed by atoms with van der Waals surface area (Å²) in [6, 6.07) is 0. The van der Waals surface area contributed by atoms with Crippen LogP contribution in [0, 0.1) is 0 Å². The number of amides is 2. The molecule has 0 aromatic rings. The number of hydrogen-bond acceptors (Lipinski definition) is 5. The van der Waals surface area contributed by atoms with E-state index in [1.54, 1.807) is 7.05 Å². The zero-order valence-electron chi connectivity index (χ0n) is 14.4. The summed E-state index contributed by atoms with van der Waals surface area (Å²) in [5.74, 6) is -0.720. The summed E-state index contributed by atoms with van der Waals surface area (Å²) < 4.78 is 5.52. The fourth-order valence-corrected chi connectivity index (χ4v) is 2.49. The van der Waals surface area contributed by atoms with E-state index in [1.807, 2.05) is 0 Å². The Morgan fingerprint density at radius 3 is 2.29 bits per heavy atom. The van der Waals surface area contributed by atoms with Crippen molar-refractivity contribution in [2.45, 2.75) is 57.8 Å². The first-order valence-electron chi connectivity index (χ1n) is 8.64. The van der Waals surface area contributed by atoms with E-state index >= 15 is 0 Å². The van der Waals surface area contributed by atoms with Crippen LogP contribution in [-0.2, 0) is 9.53 Å². The third kappa shape index (κ3) is 8.26. The van der Waals surface area contributed by atoms with Crippen LogP contribution in [0.1, 0.15) is 57.8 Å². The van der Waals surface area contributed by atoms with Crippen molar-refractivity contribution in [3.8, 4) is 0 Å². The quantitative estimate of drug-likeness (QED) is 0.518. The predicted octanol–water partition coefficient (Wildman–Crippen LogP) is 2.71. The van der Waals surface area contributed by atoms with Crippen LogP contribution < -0.4 is 0 Å². The second-order valence-corrected chi connectivity index (χ2v) is 6.01. The van der Waals surface area contributed by atoms with Gasteiger partial charge in [0.2, 0.25) is 11.9 Å². The summed E-state index contributed by atoms with van der Waals surface area (Å²) in [5, 5.41) is 18.5. The number of likely N-dealkylation sites (N-methyl/N-ethyl adjacent to an activating group) is 1. The minimum Gasteiger partial charge on any atom is -0.463 e. The maximum atomic E-state index is 11.9. The van der Waals surface area contributed by atoms with E-state index in [1.165, 1.54) is 17.7 Å². The van der Waals surface area contributed by atoms with Crippen LogP contribution in [0.25, 0.3) is 0 Å². The smallest absolute Gasteiger partial charge is 0.438 e. The van der Waals surface area contributed by atoms with Crippen LogP contribution in [0.5, 0.6) is 0 Å². The van der Waals surface area contributed by atoms with E-state index in [0.717, 1.165) is 38.5 Å². The zero-order chi connectivity index (χ0) is 17.8. The fourth-order valence-electron chi connectivity index (χ4n) is 2.49. The number of rotatable bonds is 0. The Hall–Kier alpha value is -1.67. The largest absolute Gasteiger partial charge is 0.463 e. The Bertz CT molecular complexity index is 428. The zero-order valence-corrected chi connectivity index (χ0v) is 14.4. The van der Waals surface area contributed by atoms with Crippen molar-refractivity contribution < 1.29 is 24.6 Å². The average molecular weight is 343 g/mol. The van der Waals surface area contributed by atoms with Gasteiger partial charge < -0.3 is 14.7 Å². The Morgan fingerprint density at radius 1 is 1.08 bits per heavy atom. The molecule has 0 bridgehead atoms. The van der Waals surface area contributed by atoms with Crippen molar-refractivity contribution in [3.05, 3.63) is 0 Å². The van der Waals surface area contributed by atoms with Crippen molar-refractivity contribution in [2.75, 3.05) is 26.8 Å². The first kappa shape index (κ1) is 20.4. The Labute approximate surface area is 143 Å². The molecule has 0 radical (unpaired) electrons. The highest BCUT2D eigenvalue weighted by atomic mass is 16.6. The lowest BCUT2D eigenvalue weighted by atomic mass is 10.1. The summed E-state index contributed by atoms with van der Waals surface area (Å²) in [6.07, 6.45) is 7.15. The third-order valence-electron chi connectivity index (χ3n) is 3.94. The summed E-state index contributed by atoms with van der Waals surface area (Å²) in [5.41, 5.74) is 0. The van der Waals surface area contributed by atoms with Gasteiger partial charge in [0.15, 0.2) is 0 Å². The van der Waals surface area contributed by atoms with E-state index in [0.29, 0.717) is 19.8 Å². The number of carbonyl (C=O) groups is 2. The Balaban J connectivity index is 2.71. The van der Waals surface area contributed by atoms with Gasteiger partial charge in [0.25, 0.3) is 0 Å². The topological polar surface area (TPSA) is 103 Å². The molecule has 0 aliphatic carbocycles. The van der Waals surface area contributed by atoms with Gasteiger partial charge >= 0.3 is 6.09 Å². The van der Waals surface area contributed by atoms with Crippen molar-refractivity contribution in [1.29, 1.82) is 0 Å². The summed E-state index contributed by atoms with van der Waals surface area (Å²) >= 11 is 0. The lowest BCUT2D eigenvalue weighted by Crippen LogP contribution is -2.45. The summed E-state index contributed by atoms with van der Waals surface area (Å²) in [4.78, 5) is 28.1. The number of carbonyl (C=O) groups excluding carboxylic acids is 1. The monoisotopic (exact) mass is 343 g/mol. The van der Waals surface area contributed by atoms with Crippen LogP contribution in [0.4, 0.5) is 4.79 Å². The van der Waals surface area contributed by atoms with Crippen molar-refractivity contribution in [2.24, 2.45) is 4.99 Å². The highest BCUT2D eigenvalue weighted by molar-refractivity contribution is 5.98. The third-order valence-corrected chi connectivity index (χ3v) is 3.94. The van der Waals surface area contributed by atoms with E-state index in [-0.39, 0.29) is 17.4 Å². The number of hydrogen-bond donors (Lipinski definition) is 2. The van der Waals surface area contributed by atoms with Crippen LogP contribution in [0.3, 0.4) is 0 Å². The van der Waals surface area contributed by atoms with Gasteiger partial charge in [-0.2, -0.15) is 4.99 Å². The molecule has 1 aliphatic heterocycles. The molecule has 0 aromatic carbocycles. The van der Waals surface area contributed by atoms with Gasteiger partial charge in [0.1, 0.15) is 0 Å². The molecule has 138 valence electrons. The normalized spacial score (nSPS) is 20.2. The maximum Gasteiger partial charge on any atom is 0.438 e. The molecule has 24 heavy (non-hydrogen) atoms. The minimum absolute atomic E-state index is 0.0218. The molecule has 0 spiro atoms. The predicted molar refractivity (Wildman–Crippen MR) is 89.1 cm³/mol. The van der Waals surface area contributed by atoms with Crippen LogP contribution in [-0.4, -0.2) is 65.0 Å². The number of ether oxygens (including phenoxy) is 1. The molecule has 1 rings (SSSR count). The number of hydroxylamine groups is 2. The first-order chi connectivity index (χ1) is 11.5. The molecule has 8 nitrogen and oxygen atoms in total. The van der Waals surface area contributed by atoms with E-state index in [9.17, 15) is 14.8 Å². The SMILES string of the molecule is CN1CCOCCCCCCCCCCC(=O)N=C1N(O)C(=O)O. The molecule has 1 aliphatic rings. The summed E-state index contributed by atoms with van der Waals surface area (Å²) in [6.45, 7) is 1.36. The molecule has 0 saturated heterocycles. The van der Waals surface area contributed by atoms with Gasteiger partial charge in [-0.3, -0.25) is 10.0 Å². The van der Waals surface area contributed by atoms with Crippen molar-refractivity contribution >= 4 is 18.0 Å². The van der Waals surface area contributed by atoms with Gasteiger partial charge in [-0.1, -0.05) is 38.5 Å². The second-order valence-electron chi connectivity index (χ2n) is 6.01. The van der Waals surface area contributed by atoms with Gasteiger partial charge in [-0.15, -0.1) is 5.06 Å². The standard InChI is InChI=1S/C16H29N3O5/c1-18-11-13-24-12-9-7-5-3-2-4-6-8-10-14(20)17-15(18)19(23)16(21)22/h23H,2-13H2,1H3,(H,21,22). The Morgan fingerprint density at radius 2 is 1.67 bits per heavy atom. The molecule has 1 heterocycles. The molecule has 0 atom stereocenters. The van der Waals surface area contributed by atoms with E-state index in [4.69, 9.17) is 9.84 Å². The first-order valence-corrected chi connectivity index (χ1v) is 8.64. The number of aliphatic imine (C=N–C) groups is 1. The number of guanidine groups is 1. The van der Waals surface area contributed by atoms with Crippen LogP contribution in [0.15, 0.2) is 4.99 Å². The average Bonchev–Trinajstić information content (AvgIpc) is 2.55. The van der Waals surface area contributed by atoms with Gasteiger partial charge in [-0.05, 0) is 12.8 Å². The molecular weight excluding hydrogens is 314 g/mol. The number of carboxylic acid groups (broad SMARTS) is 1. The molecule has 2 amide bonds. The Kier molecular flexibility index (Phi) is 10.0. The van der Waals surface area contributed by atoms with Gasteiger partial charge in [-0.25, -0.2) is 4.79 Å². The molecule has 2 N–H and O–H groups in total. The van der Waals surface area contributed by atoms with E-state index < -0.39 is 12.0 Å². The molecule has 0 fully saturated rings.